The molecule has 0 fully saturated rings. The molecule has 12 heavy (non-hydrogen) atoms. The van der Waals surface area contributed by atoms with Crippen LogP contribution < -0.4 is 0 Å². The molecule has 0 spiro atoms. The number of aliphatic carboxylic acids is 2. The second kappa shape index (κ2) is 7.62. The number of carboxylic acids is 2. The first kappa shape index (κ1) is 12.0. The Bertz CT molecular complexity index is 142. The Labute approximate surface area is 81.6 Å². The first-order valence-electron chi connectivity index (χ1n) is 3.31. The van der Waals surface area contributed by atoms with E-state index in [0.717, 1.165) is 10.6 Å². The number of carbonyl (C=O) groups is 2. The maximum absolute atomic E-state index is 10.1. The molecule has 0 amide bonds. The van der Waals surface area contributed by atoms with E-state index >= 15 is 0 Å². The second-order valence-corrected chi connectivity index (χ2v) is 9.77. The topological polar surface area (TPSA) is 74.6 Å². The molecular weight excluding hydrogens is 294 g/mol. The van der Waals surface area contributed by atoms with Crippen molar-refractivity contribution in [3.05, 3.63) is 0 Å². The summed E-state index contributed by atoms with van der Waals surface area (Å²) in [6.07, 6.45) is 0.462. The van der Waals surface area contributed by atoms with Crippen LogP contribution in [0, 0.1) is 0 Å². The summed E-state index contributed by atoms with van der Waals surface area (Å²) in [6, 6.07) is 0. The standard InChI is InChI=1S/C6H10O4Se2/c7-5(8)1-3-11-12-4-2-6(9)10/h1-4H2,(H,7,8)(H,9,10). The van der Waals surface area contributed by atoms with Gasteiger partial charge in [0, 0.05) is 0 Å². The minimum atomic E-state index is -0.758. The van der Waals surface area contributed by atoms with Gasteiger partial charge in [-0.15, -0.1) is 0 Å². The molecule has 0 rings (SSSR count). The van der Waals surface area contributed by atoms with Gasteiger partial charge in [0.1, 0.15) is 0 Å². The molecule has 0 saturated carbocycles. The first-order chi connectivity index (χ1) is 5.63. The van der Waals surface area contributed by atoms with Gasteiger partial charge in [-0.05, 0) is 0 Å². The van der Waals surface area contributed by atoms with Crippen LogP contribution in [0.1, 0.15) is 12.8 Å². The van der Waals surface area contributed by atoms with Crippen molar-refractivity contribution in [1.82, 2.24) is 0 Å². The number of rotatable bonds is 7. The Morgan fingerprint density at radius 2 is 1.25 bits per heavy atom. The van der Waals surface area contributed by atoms with E-state index in [1.807, 2.05) is 0 Å². The number of hydrogen-bond donors (Lipinski definition) is 2. The molecule has 4 nitrogen and oxygen atoms in total. The van der Waals surface area contributed by atoms with Crippen LogP contribution in [0.15, 0.2) is 0 Å². The monoisotopic (exact) mass is 306 g/mol. The molecule has 2 N–H and O–H groups in total. The van der Waals surface area contributed by atoms with E-state index in [1.54, 1.807) is 0 Å². The average molecular weight is 304 g/mol. The van der Waals surface area contributed by atoms with Crippen LogP contribution in [-0.4, -0.2) is 48.4 Å². The molecule has 6 heteroatoms. The molecule has 0 aliphatic rings. The van der Waals surface area contributed by atoms with Gasteiger partial charge in [0.25, 0.3) is 0 Å². The molecule has 0 unspecified atom stereocenters. The van der Waals surface area contributed by atoms with E-state index in [0.29, 0.717) is 26.3 Å². The van der Waals surface area contributed by atoms with Gasteiger partial charge in [-0.25, -0.2) is 0 Å². The third-order valence-corrected chi connectivity index (χ3v) is 8.24. The minimum absolute atomic E-state index is 0.231. The van der Waals surface area contributed by atoms with Crippen LogP contribution in [-0.2, 0) is 9.59 Å². The summed E-state index contributed by atoms with van der Waals surface area (Å²) in [7, 11) is 0. The van der Waals surface area contributed by atoms with Crippen LogP contribution >= 0.6 is 0 Å². The van der Waals surface area contributed by atoms with Crippen LogP contribution in [0.25, 0.3) is 0 Å². The molecule has 0 aliphatic carbocycles. The van der Waals surface area contributed by atoms with Crippen LogP contribution in [0.5, 0.6) is 0 Å². The SMILES string of the molecule is O=C(O)CC[Se][Se]CCC(=O)O. The van der Waals surface area contributed by atoms with Crippen LogP contribution in [0.3, 0.4) is 0 Å². The fraction of sp³-hybridized carbons (Fsp3) is 0.667. The van der Waals surface area contributed by atoms with Gasteiger partial charge < -0.3 is 0 Å². The van der Waals surface area contributed by atoms with E-state index in [-0.39, 0.29) is 12.8 Å². The van der Waals surface area contributed by atoms with E-state index in [9.17, 15) is 9.59 Å². The summed E-state index contributed by atoms with van der Waals surface area (Å²) in [5.41, 5.74) is 0. The fourth-order valence-corrected chi connectivity index (χ4v) is 6.34. The average Bonchev–Trinajstić information content (AvgIpc) is 1.95. The van der Waals surface area contributed by atoms with Gasteiger partial charge in [0.05, 0.1) is 0 Å². The normalized spacial score (nSPS) is 9.67. The maximum atomic E-state index is 10.1. The second-order valence-electron chi connectivity index (χ2n) is 1.93. The molecular formula is C6H10O4Se2. The molecule has 0 aromatic heterocycles. The zero-order valence-corrected chi connectivity index (χ0v) is 9.78. The quantitative estimate of drug-likeness (QED) is 0.516. The molecule has 0 aliphatic heterocycles. The van der Waals surface area contributed by atoms with Crippen molar-refractivity contribution in [2.75, 3.05) is 0 Å². The van der Waals surface area contributed by atoms with Crippen molar-refractivity contribution in [3.63, 3.8) is 0 Å². The third-order valence-electron chi connectivity index (χ3n) is 0.882. The summed E-state index contributed by atoms with van der Waals surface area (Å²) >= 11 is 0.724. The van der Waals surface area contributed by atoms with Gasteiger partial charge in [0.2, 0.25) is 0 Å². The summed E-state index contributed by atoms with van der Waals surface area (Å²) in [6.45, 7) is 0. The molecule has 0 saturated heterocycles. The fourth-order valence-electron chi connectivity index (χ4n) is 0.376. The summed E-state index contributed by atoms with van der Waals surface area (Å²) in [4.78, 5) is 20.1. The molecule has 0 heterocycles. The zero-order chi connectivity index (χ0) is 9.40. The molecule has 0 bridgehead atoms. The Hall–Kier alpha value is -0.0210. The summed E-state index contributed by atoms with van der Waals surface area (Å²) in [5, 5.41) is 18.0. The van der Waals surface area contributed by atoms with E-state index in [2.05, 4.69) is 0 Å². The van der Waals surface area contributed by atoms with Crippen molar-refractivity contribution in [2.24, 2.45) is 0 Å². The summed E-state index contributed by atoms with van der Waals surface area (Å²) < 4.78 is 0. The van der Waals surface area contributed by atoms with Crippen LogP contribution in [0.4, 0.5) is 0 Å². The number of hydrogen-bond acceptors (Lipinski definition) is 2. The van der Waals surface area contributed by atoms with E-state index in [1.165, 1.54) is 0 Å². The Kier molecular flexibility index (Phi) is 7.61. The van der Waals surface area contributed by atoms with Crippen molar-refractivity contribution in [1.29, 1.82) is 0 Å². The van der Waals surface area contributed by atoms with Gasteiger partial charge in [-0.3, -0.25) is 0 Å². The van der Waals surface area contributed by atoms with Crippen molar-refractivity contribution < 1.29 is 19.8 Å². The van der Waals surface area contributed by atoms with E-state index in [4.69, 9.17) is 10.2 Å². The van der Waals surface area contributed by atoms with Gasteiger partial charge >= 0.3 is 81.5 Å². The van der Waals surface area contributed by atoms with Crippen LogP contribution in [0.2, 0.25) is 10.6 Å². The molecule has 0 aromatic rings. The van der Waals surface area contributed by atoms with Gasteiger partial charge in [0.15, 0.2) is 0 Å². The summed E-state index contributed by atoms with van der Waals surface area (Å²) in [5.74, 6) is -1.52. The Morgan fingerprint density at radius 1 is 0.917 bits per heavy atom. The molecule has 0 aromatic carbocycles. The van der Waals surface area contributed by atoms with Gasteiger partial charge in [-0.1, -0.05) is 0 Å². The van der Waals surface area contributed by atoms with Crippen molar-refractivity contribution >= 4 is 38.2 Å². The van der Waals surface area contributed by atoms with Crippen molar-refractivity contribution in [3.8, 4) is 0 Å². The predicted molar refractivity (Wildman–Crippen MR) is 45.6 cm³/mol. The Morgan fingerprint density at radius 3 is 1.50 bits per heavy atom. The zero-order valence-electron chi connectivity index (χ0n) is 6.36. The van der Waals surface area contributed by atoms with E-state index < -0.39 is 11.9 Å². The molecule has 0 atom stereocenters. The first-order valence-corrected chi connectivity index (χ1v) is 10.1. The number of carboxylic acid groups (broad SMARTS) is 2. The third kappa shape index (κ3) is 9.98. The van der Waals surface area contributed by atoms with Crippen molar-refractivity contribution in [2.45, 2.75) is 23.5 Å². The Balaban J connectivity index is 3.01. The molecule has 70 valence electrons. The molecule has 0 radical (unpaired) electrons. The van der Waals surface area contributed by atoms with Gasteiger partial charge in [-0.2, -0.15) is 0 Å². The predicted octanol–water partition coefficient (Wildman–Crippen LogP) is 0.0958.